The normalized spacial score (nSPS) is 22.4. The minimum absolute atomic E-state index is 0.205. The molecule has 0 radical (unpaired) electrons. The summed E-state index contributed by atoms with van der Waals surface area (Å²) in [5, 5.41) is 1.57. The third-order valence-corrected chi connectivity index (χ3v) is 5.17. The summed E-state index contributed by atoms with van der Waals surface area (Å²) in [7, 11) is -3.23. The van der Waals surface area contributed by atoms with Crippen LogP contribution in [-0.4, -0.2) is 24.8 Å². The number of H-pyrrole nitrogens is 1. The fourth-order valence-corrected chi connectivity index (χ4v) is 4.05. The zero-order valence-electron chi connectivity index (χ0n) is 10.9. The van der Waals surface area contributed by atoms with E-state index >= 15 is 0 Å². The molecule has 0 bridgehead atoms. The molecule has 2 aromatic rings. The maximum atomic E-state index is 12.0. The summed E-state index contributed by atoms with van der Waals surface area (Å²) in [4.78, 5) is 14.8. The molecular formula is C13H14N2O4S. The second kappa shape index (κ2) is 4.59. The number of hydrogen-bond donors (Lipinski definition) is 1. The van der Waals surface area contributed by atoms with Crippen LogP contribution in [0, 0.1) is 0 Å². The van der Waals surface area contributed by atoms with E-state index in [1.54, 1.807) is 0 Å². The highest BCUT2D eigenvalue weighted by Gasteiger charge is 2.35. The number of hydrogen-bond acceptors (Lipinski definition) is 5. The Hall–Kier alpha value is -1.89. The molecule has 0 amide bonds. The van der Waals surface area contributed by atoms with Crippen molar-refractivity contribution in [2.75, 3.05) is 6.26 Å². The Kier molecular flexibility index (Phi) is 3.01. The maximum Gasteiger partial charge on any atom is 0.377 e. The monoisotopic (exact) mass is 294 g/mol. The minimum atomic E-state index is -3.23. The fourth-order valence-electron chi connectivity index (χ4n) is 2.78. The van der Waals surface area contributed by atoms with Crippen LogP contribution in [0.15, 0.2) is 33.6 Å². The van der Waals surface area contributed by atoms with Gasteiger partial charge in [0.05, 0.1) is 5.25 Å². The quantitative estimate of drug-likeness (QED) is 0.897. The summed E-state index contributed by atoms with van der Waals surface area (Å²) >= 11 is 0. The van der Waals surface area contributed by atoms with Gasteiger partial charge in [0.2, 0.25) is 5.89 Å². The molecule has 1 aliphatic carbocycles. The molecule has 7 heteroatoms. The number of rotatable bonds is 2. The summed E-state index contributed by atoms with van der Waals surface area (Å²) in [6.45, 7) is 0. The van der Waals surface area contributed by atoms with Gasteiger partial charge in [0.15, 0.2) is 9.84 Å². The van der Waals surface area contributed by atoms with E-state index in [1.807, 2.05) is 24.3 Å². The molecule has 2 atom stereocenters. The molecular weight excluding hydrogens is 280 g/mol. The van der Waals surface area contributed by atoms with E-state index in [0.29, 0.717) is 12.8 Å². The van der Waals surface area contributed by atoms with Crippen LogP contribution in [0.1, 0.15) is 34.6 Å². The average molecular weight is 294 g/mol. The maximum absolute atomic E-state index is 12.0. The van der Waals surface area contributed by atoms with Crippen LogP contribution in [0.4, 0.5) is 0 Å². The lowest BCUT2D eigenvalue weighted by Gasteiger charge is -2.28. The molecule has 1 unspecified atom stereocenters. The van der Waals surface area contributed by atoms with Gasteiger partial charge in [0.25, 0.3) is 0 Å². The lowest BCUT2D eigenvalue weighted by molar-refractivity contribution is 0.335. The van der Waals surface area contributed by atoms with Crippen molar-refractivity contribution in [3.05, 3.63) is 51.8 Å². The fraction of sp³-hybridized carbons (Fsp3) is 0.385. The van der Waals surface area contributed by atoms with Crippen LogP contribution < -0.4 is 5.69 Å². The lowest BCUT2D eigenvalue weighted by Crippen LogP contribution is -2.23. The second-order valence-corrected chi connectivity index (χ2v) is 7.34. The SMILES string of the molecule is CS(=O)(=O)C1C[C@H](c2nc(=O)[nH]o2)Cc2ccccc21. The van der Waals surface area contributed by atoms with Crippen LogP contribution in [0.25, 0.3) is 0 Å². The Balaban J connectivity index is 2.07. The molecule has 6 nitrogen and oxygen atoms in total. The standard InChI is InChI=1S/C13H14N2O4S/c1-20(17,18)11-7-9(12-14-13(16)15-19-12)6-8-4-2-3-5-10(8)11/h2-5,9,11H,6-7H2,1H3,(H,15,16)/t9-,11?/m1/s1. The highest BCUT2D eigenvalue weighted by Crippen LogP contribution is 2.41. The molecule has 1 heterocycles. The number of sulfone groups is 1. The first kappa shape index (κ1) is 13.1. The van der Waals surface area contributed by atoms with Crippen molar-refractivity contribution in [2.24, 2.45) is 0 Å². The molecule has 3 rings (SSSR count). The minimum Gasteiger partial charge on any atom is -0.362 e. The Morgan fingerprint density at radius 3 is 2.75 bits per heavy atom. The predicted molar refractivity (Wildman–Crippen MR) is 72.2 cm³/mol. The van der Waals surface area contributed by atoms with Crippen LogP contribution in [-0.2, 0) is 16.3 Å². The molecule has 0 saturated carbocycles. The van der Waals surface area contributed by atoms with Gasteiger partial charge in [-0.1, -0.05) is 24.3 Å². The van der Waals surface area contributed by atoms with Gasteiger partial charge in [-0.05, 0) is 24.0 Å². The Bertz CT molecular complexity index is 790. The van der Waals surface area contributed by atoms with Gasteiger partial charge in [-0.15, -0.1) is 0 Å². The molecule has 1 aromatic heterocycles. The number of aromatic nitrogens is 2. The van der Waals surface area contributed by atoms with E-state index < -0.39 is 20.8 Å². The van der Waals surface area contributed by atoms with Gasteiger partial charge < -0.3 is 4.52 Å². The van der Waals surface area contributed by atoms with E-state index in [-0.39, 0.29) is 11.8 Å². The van der Waals surface area contributed by atoms with Crippen LogP contribution in [0.3, 0.4) is 0 Å². The van der Waals surface area contributed by atoms with Crippen molar-refractivity contribution in [3.63, 3.8) is 0 Å². The topological polar surface area (TPSA) is 93.0 Å². The van der Waals surface area contributed by atoms with Crippen LogP contribution >= 0.6 is 0 Å². The van der Waals surface area contributed by atoms with Gasteiger partial charge in [0, 0.05) is 12.2 Å². The molecule has 0 aliphatic heterocycles. The number of nitrogens with zero attached hydrogens (tertiary/aromatic N) is 1. The zero-order valence-corrected chi connectivity index (χ0v) is 11.7. The first-order valence-electron chi connectivity index (χ1n) is 6.27. The Labute approximate surface area is 115 Å². The molecule has 0 fully saturated rings. The second-order valence-electron chi connectivity index (χ2n) is 5.11. The summed E-state index contributed by atoms with van der Waals surface area (Å²) in [5.74, 6) is 0.0710. The third kappa shape index (κ3) is 2.29. The molecule has 20 heavy (non-hydrogen) atoms. The van der Waals surface area contributed by atoms with Gasteiger partial charge in [-0.2, -0.15) is 10.1 Å². The molecule has 1 aromatic carbocycles. The van der Waals surface area contributed by atoms with E-state index in [2.05, 4.69) is 10.1 Å². The first-order valence-corrected chi connectivity index (χ1v) is 8.22. The van der Waals surface area contributed by atoms with E-state index in [9.17, 15) is 13.2 Å². The van der Waals surface area contributed by atoms with Crippen molar-refractivity contribution in [2.45, 2.75) is 24.0 Å². The van der Waals surface area contributed by atoms with Crippen molar-refractivity contribution >= 4 is 9.84 Å². The molecule has 1 N–H and O–H groups in total. The van der Waals surface area contributed by atoms with Crippen LogP contribution in [0.2, 0.25) is 0 Å². The number of fused-ring (bicyclic) bond motifs is 1. The summed E-state index contributed by atoms with van der Waals surface area (Å²) in [6.07, 6.45) is 2.23. The van der Waals surface area contributed by atoms with E-state index in [4.69, 9.17) is 4.52 Å². The predicted octanol–water partition coefficient (Wildman–Crippen LogP) is 1.18. The number of aromatic amines is 1. The van der Waals surface area contributed by atoms with E-state index in [0.717, 1.165) is 11.1 Å². The van der Waals surface area contributed by atoms with Gasteiger partial charge in [-0.3, -0.25) is 0 Å². The Morgan fingerprint density at radius 1 is 1.35 bits per heavy atom. The Morgan fingerprint density at radius 2 is 2.10 bits per heavy atom. The van der Waals surface area contributed by atoms with Gasteiger partial charge in [-0.25, -0.2) is 13.2 Å². The molecule has 0 spiro atoms. The first-order chi connectivity index (χ1) is 9.45. The lowest BCUT2D eigenvalue weighted by atomic mass is 9.83. The summed E-state index contributed by atoms with van der Waals surface area (Å²) in [6, 6.07) is 7.47. The smallest absolute Gasteiger partial charge is 0.362 e. The highest BCUT2D eigenvalue weighted by atomic mass is 32.2. The summed E-state index contributed by atoms with van der Waals surface area (Å²) in [5.41, 5.74) is 1.25. The van der Waals surface area contributed by atoms with Gasteiger partial charge in [0.1, 0.15) is 0 Å². The van der Waals surface area contributed by atoms with Crippen molar-refractivity contribution < 1.29 is 12.9 Å². The summed E-state index contributed by atoms with van der Waals surface area (Å²) < 4.78 is 29.1. The molecule has 106 valence electrons. The van der Waals surface area contributed by atoms with Crippen molar-refractivity contribution in [3.8, 4) is 0 Å². The van der Waals surface area contributed by atoms with Crippen LogP contribution in [0.5, 0.6) is 0 Å². The largest absolute Gasteiger partial charge is 0.377 e. The number of benzene rings is 1. The molecule has 0 saturated heterocycles. The third-order valence-electron chi connectivity index (χ3n) is 3.69. The average Bonchev–Trinajstić information content (AvgIpc) is 2.83. The molecule has 1 aliphatic rings. The van der Waals surface area contributed by atoms with E-state index in [1.165, 1.54) is 6.26 Å². The van der Waals surface area contributed by atoms with Gasteiger partial charge >= 0.3 is 5.69 Å². The van der Waals surface area contributed by atoms with Crippen molar-refractivity contribution in [1.82, 2.24) is 10.1 Å². The van der Waals surface area contributed by atoms with Crippen molar-refractivity contribution in [1.29, 1.82) is 0 Å². The number of nitrogens with one attached hydrogen (secondary N) is 1. The highest BCUT2D eigenvalue weighted by molar-refractivity contribution is 7.90. The zero-order chi connectivity index (χ0) is 14.3.